The van der Waals surface area contributed by atoms with Gasteiger partial charge in [0.15, 0.2) is 5.82 Å². The molecule has 0 amide bonds. The molecule has 4 rings (SSSR count). The van der Waals surface area contributed by atoms with Crippen molar-refractivity contribution in [3.8, 4) is 0 Å². The maximum absolute atomic E-state index is 4.65. The third kappa shape index (κ3) is 3.10. The molecule has 6 heteroatoms. The van der Waals surface area contributed by atoms with Gasteiger partial charge in [0.1, 0.15) is 0 Å². The van der Waals surface area contributed by atoms with Gasteiger partial charge in [-0.05, 0) is 42.7 Å². The van der Waals surface area contributed by atoms with Crippen molar-refractivity contribution in [2.75, 3.05) is 16.8 Å². The number of nitrogens with one attached hydrogen (secondary N) is 1. The molecule has 0 saturated carbocycles. The molecular formula is C18H16BrN5. The van der Waals surface area contributed by atoms with Crippen LogP contribution in [0.15, 0.2) is 59.2 Å². The standard InChI is InChI=1S/C18H16BrN5/c19-14-7-3-8-15(11-14)21-18-22-17(12-20-23-18)24-10-4-6-13-5-1-2-9-16(13)24/h1-3,5,7-9,11-12H,4,6,10H2,(H,21,22,23). The Balaban J connectivity index is 1.64. The van der Waals surface area contributed by atoms with Crippen LogP contribution in [0.4, 0.5) is 23.1 Å². The first kappa shape index (κ1) is 15.1. The molecule has 120 valence electrons. The normalized spacial score (nSPS) is 13.5. The molecular weight excluding hydrogens is 366 g/mol. The molecule has 0 bridgehead atoms. The van der Waals surface area contributed by atoms with Crippen LogP contribution in [0.5, 0.6) is 0 Å². The minimum atomic E-state index is 0.494. The van der Waals surface area contributed by atoms with E-state index in [9.17, 15) is 0 Å². The minimum Gasteiger partial charge on any atom is -0.325 e. The summed E-state index contributed by atoms with van der Waals surface area (Å²) in [5.74, 6) is 1.31. The van der Waals surface area contributed by atoms with Crippen molar-refractivity contribution in [2.24, 2.45) is 0 Å². The number of rotatable bonds is 3. The summed E-state index contributed by atoms with van der Waals surface area (Å²) >= 11 is 3.47. The van der Waals surface area contributed by atoms with Crippen molar-refractivity contribution in [1.29, 1.82) is 0 Å². The van der Waals surface area contributed by atoms with Crippen LogP contribution in [0.2, 0.25) is 0 Å². The fourth-order valence-electron chi connectivity index (χ4n) is 2.94. The highest BCUT2D eigenvalue weighted by atomic mass is 79.9. The fourth-order valence-corrected chi connectivity index (χ4v) is 3.34. The molecule has 0 fully saturated rings. The largest absolute Gasteiger partial charge is 0.325 e. The zero-order valence-electron chi connectivity index (χ0n) is 13.0. The molecule has 1 N–H and O–H groups in total. The van der Waals surface area contributed by atoms with Crippen LogP contribution in [-0.4, -0.2) is 21.7 Å². The third-order valence-corrected chi connectivity index (χ3v) is 4.51. The average molecular weight is 382 g/mol. The van der Waals surface area contributed by atoms with Crippen LogP contribution in [0, 0.1) is 0 Å². The summed E-state index contributed by atoms with van der Waals surface area (Å²) in [6.45, 7) is 0.937. The maximum Gasteiger partial charge on any atom is 0.249 e. The number of nitrogens with zero attached hydrogens (tertiary/aromatic N) is 4. The second kappa shape index (κ2) is 6.57. The zero-order valence-corrected chi connectivity index (χ0v) is 14.6. The fraction of sp³-hybridized carbons (Fsp3) is 0.167. The van der Waals surface area contributed by atoms with Gasteiger partial charge in [0, 0.05) is 22.4 Å². The van der Waals surface area contributed by atoms with Gasteiger partial charge in [-0.3, -0.25) is 0 Å². The summed E-state index contributed by atoms with van der Waals surface area (Å²) in [7, 11) is 0. The number of anilines is 4. The molecule has 5 nitrogen and oxygen atoms in total. The molecule has 2 aromatic carbocycles. The highest BCUT2D eigenvalue weighted by Gasteiger charge is 2.19. The van der Waals surface area contributed by atoms with Crippen LogP contribution in [-0.2, 0) is 6.42 Å². The van der Waals surface area contributed by atoms with Crippen molar-refractivity contribution >= 4 is 39.1 Å². The second-order valence-electron chi connectivity index (χ2n) is 5.66. The molecule has 0 atom stereocenters. The summed E-state index contributed by atoms with van der Waals surface area (Å²) in [6, 6.07) is 16.3. The number of aryl methyl sites for hydroxylation is 1. The molecule has 24 heavy (non-hydrogen) atoms. The summed E-state index contributed by atoms with van der Waals surface area (Å²) in [6.07, 6.45) is 3.93. The molecule has 0 spiro atoms. The number of fused-ring (bicyclic) bond motifs is 1. The van der Waals surface area contributed by atoms with Gasteiger partial charge in [-0.25, -0.2) is 0 Å². The Labute approximate surface area is 148 Å². The Morgan fingerprint density at radius 3 is 2.92 bits per heavy atom. The summed E-state index contributed by atoms with van der Waals surface area (Å²) in [5, 5.41) is 11.4. The molecule has 1 aromatic heterocycles. The molecule has 0 aliphatic carbocycles. The van der Waals surface area contributed by atoms with E-state index in [1.807, 2.05) is 24.3 Å². The summed E-state index contributed by atoms with van der Waals surface area (Å²) in [4.78, 5) is 6.85. The molecule has 1 aliphatic heterocycles. The van der Waals surface area contributed by atoms with Gasteiger partial charge in [-0.15, -0.1) is 5.10 Å². The Hall–Kier alpha value is -2.47. The highest BCUT2D eigenvalue weighted by molar-refractivity contribution is 9.10. The Kier molecular flexibility index (Phi) is 4.13. The van der Waals surface area contributed by atoms with Crippen molar-refractivity contribution in [2.45, 2.75) is 12.8 Å². The molecule has 1 aliphatic rings. The van der Waals surface area contributed by atoms with Crippen molar-refractivity contribution in [3.05, 3.63) is 64.8 Å². The van der Waals surface area contributed by atoms with Crippen LogP contribution in [0.25, 0.3) is 0 Å². The van der Waals surface area contributed by atoms with Gasteiger partial charge in [-0.1, -0.05) is 40.2 Å². The first-order valence-electron chi connectivity index (χ1n) is 7.87. The highest BCUT2D eigenvalue weighted by Crippen LogP contribution is 2.32. The SMILES string of the molecule is Brc1cccc(Nc2nncc(N3CCCc4ccccc43)n2)c1. The van der Waals surface area contributed by atoms with Crippen LogP contribution >= 0.6 is 15.9 Å². The molecule has 0 saturated heterocycles. The first-order valence-corrected chi connectivity index (χ1v) is 8.67. The topological polar surface area (TPSA) is 53.9 Å². The minimum absolute atomic E-state index is 0.494. The van der Waals surface area contributed by atoms with Gasteiger partial charge in [0.2, 0.25) is 5.95 Å². The Bertz CT molecular complexity index is 867. The lowest BCUT2D eigenvalue weighted by molar-refractivity contribution is 0.754. The number of hydrogen-bond donors (Lipinski definition) is 1. The summed E-state index contributed by atoms with van der Waals surface area (Å²) < 4.78 is 1.00. The maximum atomic E-state index is 4.65. The third-order valence-electron chi connectivity index (χ3n) is 4.01. The smallest absolute Gasteiger partial charge is 0.249 e. The lowest BCUT2D eigenvalue weighted by Crippen LogP contribution is -2.25. The van der Waals surface area contributed by atoms with Crippen LogP contribution < -0.4 is 10.2 Å². The van der Waals surface area contributed by atoms with E-state index in [2.05, 4.69) is 65.6 Å². The van der Waals surface area contributed by atoms with E-state index in [1.54, 1.807) is 6.20 Å². The van der Waals surface area contributed by atoms with Gasteiger partial charge in [0.25, 0.3) is 0 Å². The first-order chi connectivity index (χ1) is 11.8. The predicted octanol–water partition coefficient (Wildman–Crippen LogP) is 4.46. The van der Waals surface area contributed by atoms with E-state index >= 15 is 0 Å². The molecule has 2 heterocycles. The monoisotopic (exact) mass is 381 g/mol. The van der Waals surface area contributed by atoms with Gasteiger partial charge < -0.3 is 10.2 Å². The van der Waals surface area contributed by atoms with Crippen LogP contribution in [0.1, 0.15) is 12.0 Å². The lowest BCUT2D eigenvalue weighted by atomic mass is 10.0. The molecule has 0 radical (unpaired) electrons. The van der Waals surface area contributed by atoms with Crippen molar-refractivity contribution in [1.82, 2.24) is 15.2 Å². The molecule has 3 aromatic rings. The number of benzene rings is 2. The quantitative estimate of drug-likeness (QED) is 0.725. The second-order valence-corrected chi connectivity index (χ2v) is 6.57. The average Bonchev–Trinajstić information content (AvgIpc) is 2.61. The number of hydrogen-bond acceptors (Lipinski definition) is 5. The number of aromatic nitrogens is 3. The van der Waals surface area contributed by atoms with E-state index in [1.165, 1.54) is 11.3 Å². The van der Waals surface area contributed by atoms with E-state index in [-0.39, 0.29) is 0 Å². The van der Waals surface area contributed by atoms with Crippen LogP contribution in [0.3, 0.4) is 0 Å². The Morgan fingerprint density at radius 2 is 2.00 bits per heavy atom. The zero-order chi connectivity index (χ0) is 16.4. The van der Waals surface area contributed by atoms with Crippen molar-refractivity contribution < 1.29 is 0 Å². The van der Waals surface area contributed by atoms with E-state index in [0.717, 1.165) is 35.4 Å². The number of para-hydroxylation sites is 1. The lowest BCUT2D eigenvalue weighted by Gasteiger charge is -2.30. The van der Waals surface area contributed by atoms with E-state index in [0.29, 0.717) is 5.95 Å². The van der Waals surface area contributed by atoms with Crippen molar-refractivity contribution in [3.63, 3.8) is 0 Å². The number of halogens is 1. The van der Waals surface area contributed by atoms with Gasteiger partial charge >= 0.3 is 0 Å². The predicted molar refractivity (Wildman–Crippen MR) is 99.0 cm³/mol. The summed E-state index contributed by atoms with van der Waals surface area (Å²) in [5.41, 5.74) is 3.48. The Morgan fingerprint density at radius 1 is 1.08 bits per heavy atom. The van der Waals surface area contributed by atoms with Gasteiger partial charge in [-0.2, -0.15) is 10.1 Å². The van der Waals surface area contributed by atoms with Gasteiger partial charge in [0.05, 0.1) is 6.20 Å². The van der Waals surface area contributed by atoms with E-state index < -0.39 is 0 Å². The van der Waals surface area contributed by atoms with E-state index in [4.69, 9.17) is 0 Å². The molecule has 0 unspecified atom stereocenters.